The molecule has 4 atom stereocenters. The maximum Gasteiger partial charge on any atom is 0.0701 e. The minimum atomic E-state index is 0. The smallest absolute Gasteiger partial charge is 0.0701 e. The van der Waals surface area contributed by atoms with Crippen LogP contribution in [0.3, 0.4) is 0 Å². The van der Waals surface area contributed by atoms with E-state index in [-0.39, 0.29) is 89.1 Å². The number of hydrogen-bond donors (Lipinski definition) is 3. The zero-order valence-electron chi connectivity index (χ0n) is 88.4. The predicted octanol–water partition coefficient (Wildman–Crippen LogP) is 37.8. The van der Waals surface area contributed by atoms with Gasteiger partial charge >= 0.3 is 0 Å². The van der Waals surface area contributed by atoms with Gasteiger partial charge in [-0.05, 0) is 215 Å². The molecule has 0 aromatic rings. The second-order valence-electron chi connectivity index (χ2n) is 50.7. The van der Waals surface area contributed by atoms with Gasteiger partial charge in [-0.15, -0.1) is 0 Å². The Bertz CT molecular complexity index is 1310. The summed E-state index contributed by atoms with van der Waals surface area (Å²) in [5, 5.41) is 10.3. The maximum atomic E-state index is 4.93. The second-order valence-corrected chi connectivity index (χ2v) is 54.7. The van der Waals surface area contributed by atoms with E-state index in [9.17, 15) is 0 Å². The van der Waals surface area contributed by atoms with Crippen LogP contribution in [-0.2, 0) is 14.2 Å². The third kappa shape index (κ3) is 669. The lowest BCUT2D eigenvalue weighted by Crippen LogP contribution is -2.41. The standard InChI is InChI=1S/C5H11N.12C5H12.2C4H9N.C4H8O.C4H8S.2C3H7N.C3H6O.C3H6S.C2H5N.C2H4O.C2H4S.12CH4/c1-5-3-4-6(5)2;12*1-5(2,3)4;1-5-3-2-4-5;3*1-4-2-3-5-4;1-4-2-3-4;3*1-2-4-3-1;3*1-2-3-1;;;;;;;;;;;;/h5H,3-4H2,1-2H3;12*1-4H3;2-4H2,1H3;4-5H,2-3H2,1H3;2*4H,2-3H2,1H3;2-3H2,1H3;4H,1-3H2;2*1-3H2;3H,1-2H2;2*1-2H2;12*1H4. The van der Waals surface area contributed by atoms with Crippen LogP contribution in [0.4, 0.5) is 0 Å². The molecular weight excluding hydrogens is 1560 g/mol. The van der Waals surface area contributed by atoms with Crippen molar-refractivity contribution in [3.05, 3.63) is 0 Å². The van der Waals surface area contributed by atoms with Crippen molar-refractivity contribution in [3.63, 3.8) is 0 Å². The lowest BCUT2D eigenvalue weighted by atomic mass is 10.0. The summed E-state index contributed by atoms with van der Waals surface area (Å²) in [6.07, 6.45) is 11.6. The normalized spacial score (nSPS) is 18.1. The fourth-order valence-corrected chi connectivity index (χ4v) is 3.82. The van der Waals surface area contributed by atoms with Gasteiger partial charge in [-0.2, -0.15) is 35.3 Å². The quantitative estimate of drug-likeness (QED) is 0.202. The van der Waals surface area contributed by atoms with Crippen molar-refractivity contribution >= 4 is 35.3 Å². The number of nitrogens with one attached hydrogen (secondary N) is 3. The Hall–Kier alpha value is 0.690. The first-order chi connectivity index (χ1) is 48.8. The molecule has 0 aromatic heterocycles. The van der Waals surface area contributed by atoms with Gasteiger partial charge < -0.3 is 44.9 Å². The third-order valence-corrected chi connectivity index (χ3v) is 11.7. The van der Waals surface area contributed by atoms with Crippen LogP contribution >= 0.6 is 35.3 Å². The van der Waals surface area contributed by atoms with E-state index in [2.05, 4.69) is 428 Å². The molecule has 12 aliphatic heterocycles. The molecular formula is C111H276N6O3S3. The molecule has 3 N–H and O–H groups in total. The van der Waals surface area contributed by atoms with Crippen molar-refractivity contribution in [1.82, 2.24) is 30.7 Å². The lowest BCUT2D eigenvalue weighted by molar-refractivity contribution is -0.0375. The van der Waals surface area contributed by atoms with Crippen LogP contribution in [0.25, 0.3) is 0 Å². The first-order valence-corrected chi connectivity index (χ1v) is 47.9. The number of likely N-dealkylation sites (N-methyl/N-ethyl adjacent to an activating group) is 1. The summed E-state index contributed by atoms with van der Waals surface area (Å²) < 4.78 is 14.2. The summed E-state index contributed by atoms with van der Waals surface area (Å²) >= 11 is 6.10. The average molecular weight is 1840 g/mol. The SMILES string of the molecule is C.C.C.C.C.C.C.C.C.C.C.C.C1CN1.C1CNC1.C1CO1.C1COC1.C1CS1.C1CSC1.CC(C)(C)C.CC(C)(C)C.CC(C)(C)C.CC(C)(C)C.CC(C)(C)C.CC(C)(C)C.CC(C)(C)C.CC(C)(C)C.CC(C)(C)C.CC(C)(C)C.CC(C)(C)C.CC(C)(C)C.CC1CCN1.CC1CCN1C.CC1CCO1.CC1CCS1.CN1CC1.CN1CCC1. The third-order valence-electron chi connectivity index (χ3n) is 8.85. The van der Waals surface area contributed by atoms with E-state index in [1.807, 2.05) is 23.5 Å². The molecule has 12 rings (SSSR count). The fraction of sp³-hybridized carbons (Fsp3) is 1.00. The van der Waals surface area contributed by atoms with E-state index >= 15 is 0 Å². The predicted molar refractivity (Wildman–Crippen MR) is 613 cm³/mol. The molecule has 12 aliphatic rings. The molecule has 12 heteroatoms. The number of epoxide rings is 1. The van der Waals surface area contributed by atoms with Crippen LogP contribution in [0.1, 0.15) is 501 Å². The first-order valence-electron chi connectivity index (χ1n) is 44.5. The first kappa shape index (κ1) is 187. The number of likely N-dealkylation sites (tertiary alicyclic amines) is 2. The van der Waals surface area contributed by atoms with E-state index in [0.717, 1.165) is 50.4 Å². The van der Waals surface area contributed by atoms with Gasteiger partial charge in [0.2, 0.25) is 0 Å². The summed E-state index contributed by atoms with van der Waals surface area (Å²) in [4.78, 5) is 6.90. The van der Waals surface area contributed by atoms with E-state index < -0.39 is 0 Å². The van der Waals surface area contributed by atoms with Crippen molar-refractivity contribution in [2.75, 3.05) is 148 Å². The zero-order chi connectivity index (χ0) is 91.2. The summed E-state index contributed by atoms with van der Waals surface area (Å²) in [7, 11) is 6.41. The molecule has 0 aromatic carbocycles. The van der Waals surface area contributed by atoms with Crippen molar-refractivity contribution in [2.45, 2.75) is 524 Å². The molecule has 0 spiro atoms. The molecule has 123 heavy (non-hydrogen) atoms. The van der Waals surface area contributed by atoms with Gasteiger partial charge in [-0.25, -0.2) is 0 Å². The molecule has 12 fully saturated rings. The average Bonchev–Trinajstić information content (AvgIpc) is 4.08. The molecule has 4 unspecified atom stereocenters. The van der Waals surface area contributed by atoms with Gasteiger partial charge in [0.05, 0.1) is 19.3 Å². The largest absolute Gasteiger partial charge is 0.381 e. The van der Waals surface area contributed by atoms with Crippen LogP contribution in [0, 0.1) is 65.0 Å². The summed E-state index contributed by atoms with van der Waals surface area (Å²) in [5.74, 6) is 7.07. The summed E-state index contributed by atoms with van der Waals surface area (Å²) in [5.41, 5.74) is 6.00. The van der Waals surface area contributed by atoms with E-state index in [1.165, 1.54) is 146 Å². The van der Waals surface area contributed by atoms with E-state index in [4.69, 9.17) is 9.47 Å². The van der Waals surface area contributed by atoms with Crippen LogP contribution in [0.15, 0.2) is 0 Å². The van der Waals surface area contributed by atoms with Crippen molar-refractivity contribution in [3.8, 4) is 0 Å². The molecule has 0 aliphatic carbocycles. The van der Waals surface area contributed by atoms with Crippen molar-refractivity contribution in [1.29, 1.82) is 0 Å². The highest BCUT2D eigenvalue weighted by Gasteiger charge is 2.17. The van der Waals surface area contributed by atoms with Gasteiger partial charge in [-0.3, -0.25) is 0 Å². The molecule has 12 saturated heterocycles. The van der Waals surface area contributed by atoms with Gasteiger partial charge in [0.15, 0.2) is 0 Å². The Morgan fingerprint density at radius 2 is 0.390 bits per heavy atom. The van der Waals surface area contributed by atoms with Gasteiger partial charge in [0.25, 0.3) is 0 Å². The molecule has 9 nitrogen and oxygen atoms in total. The van der Waals surface area contributed by atoms with Gasteiger partial charge in [-0.1, -0.05) is 428 Å². The monoisotopic (exact) mass is 1840 g/mol. The Morgan fingerprint density at radius 3 is 0.390 bits per heavy atom. The van der Waals surface area contributed by atoms with Crippen molar-refractivity contribution < 1.29 is 14.2 Å². The number of nitrogens with zero attached hydrogens (tertiary/aromatic N) is 3. The highest BCUT2D eigenvalue weighted by Crippen LogP contribution is 2.26. The number of rotatable bonds is 0. The van der Waals surface area contributed by atoms with Gasteiger partial charge in [0.1, 0.15) is 0 Å². The van der Waals surface area contributed by atoms with Crippen molar-refractivity contribution in [2.24, 2.45) is 65.0 Å². The minimum Gasteiger partial charge on any atom is -0.381 e. The van der Waals surface area contributed by atoms with Crippen LogP contribution < -0.4 is 16.0 Å². The lowest BCUT2D eigenvalue weighted by Gasteiger charge is -2.34. The number of thioether (sulfide) groups is 3. The molecule has 12 heterocycles. The highest BCUT2D eigenvalue weighted by molar-refractivity contribution is 8.06. The Morgan fingerprint density at radius 1 is 0.252 bits per heavy atom. The summed E-state index contributed by atoms with van der Waals surface area (Å²) in [6, 6.07) is 1.68. The number of hydrogen-bond acceptors (Lipinski definition) is 12. The zero-order valence-corrected chi connectivity index (χ0v) is 90.8. The molecule has 0 saturated carbocycles. The van der Waals surface area contributed by atoms with E-state index in [0.29, 0.717) is 71.1 Å². The van der Waals surface area contributed by atoms with Crippen LogP contribution in [0.5, 0.6) is 0 Å². The van der Waals surface area contributed by atoms with E-state index in [1.54, 1.807) is 0 Å². The van der Waals surface area contributed by atoms with Crippen LogP contribution in [0.2, 0.25) is 0 Å². The Labute approximate surface area is 812 Å². The second kappa shape index (κ2) is 106. The highest BCUT2D eigenvalue weighted by atomic mass is 32.2. The topological polar surface area (TPSA) is 86.5 Å². The number of ether oxygens (including phenoxy) is 3. The Kier molecular flexibility index (Phi) is 162. The van der Waals surface area contributed by atoms with Gasteiger partial charge in [0, 0.05) is 74.8 Å². The van der Waals surface area contributed by atoms with Crippen LogP contribution in [-0.4, -0.2) is 187 Å². The Balaban J connectivity index is -0.0000000377. The summed E-state index contributed by atoms with van der Waals surface area (Å²) in [6.45, 7) is 132. The molecule has 0 radical (unpaired) electrons. The molecule has 0 amide bonds. The molecule has 0 bridgehead atoms. The fourth-order valence-electron chi connectivity index (χ4n) is 2.83. The minimum absolute atomic E-state index is 0. The molecule has 786 valence electrons. The maximum absolute atomic E-state index is 4.93.